The number of carbonyl (C=O) groups excluding carboxylic acids is 2. The second-order valence-corrected chi connectivity index (χ2v) is 6.92. The number of nitrogens with one attached hydrogen (secondary N) is 2. The van der Waals surface area contributed by atoms with Crippen molar-refractivity contribution in [2.24, 2.45) is 0 Å². The third-order valence-electron chi connectivity index (χ3n) is 4.64. The first-order chi connectivity index (χ1) is 14.7. The van der Waals surface area contributed by atoms with E-state index in [1.807, 2.05) is 60.7 Å². The van der Waals surface area contributed by atoms with E-state index in [-0.39, 0.29) is 24.5 Å². The van der Waals surface area contributed by atoms with Gasteiger partial charge < -0.3 is 15.4 Å². The van der Waals surface area contributed by atoms with Crippen molar-refractivity contribution in [3.05, 3.63) is 96.1 Å². The minimum Gasteiger partial charge on any atom is -0.483 e. The quantitative estimate of drug-likeness (QED) is 0.531. The first-order valence-corrected chi connectivity index (χ1v) is 10.1. The van der Waals surface area contributed by atoms with Crippen LogP contribution in [0.5, 0.6) is 5.75 Å². The topological polar surface area (TPSA) is 67.4 Å². The van der Waals surface area contributed by atoms with Gasteiger partial charge in [-0.1, -0.05) is 74.0 Å². The summed E-state index contributed by atoms with van der Waals surface area (Å²) < 4.78 is 5.70. The van der Waals surface area contributed by atoms with Crippen LogP contribution in [0.3, 0.4) is 0 Å². The van der Waals surface area contributed by atoms with E-state index in [1.165, 1.54) is 0 Å². The van der Waals surface area contributed by atoms with Crippen LogP contribution in [0, 0.1) is 0 Å². The highest BCUT2D eigenvalue weighted by Gasteiger charge is 2.16. The number of rotatable bonds is 9. The van der Waals surface area contributed by atoms with E-state index < -0.39 is 0 Å². The van der Waals surface area contributed by atoms with Gasteiger partial charge in [0, 0.05) is 5.69 Å². The Bertz CT molecular complexity index is 958. The SMILES string of the molecule is CCC[C@H](NC(=O)COc1ccccc1C(=O)Nc1ccccc1)c1ccccc1. The minimum absolute atomic E-state index is 0.0658. The molecule has 30 heavy (non-hydrogen) atoms. The Labute approximate surface area is 177 Å². The molecule has 0 saturated carbocycles. The lowest BCUT2D eigenvalue weighted by atomic mass is 10.0. The first kappa shape index (κ1) is 21.1. The molecular weight excluding hydrogens is 376 g/mol. The van der Waals surface area contributed by atoms with Crippen molar-refractivity contribution >= 4 is 17.5 Å². The van der Waals surface area contributed by atoms with Gasteiger partial charge in [0.2, 0.25) is 0 Å². The van der Waals surface area contributed by atoms with Crippen LogP contribution in [-0.2, 0) is 4.79 Å². The molecular formula is C25H26N2O3. The van der Waals surface area contributed by atoms with Crippen LogP contribution in [-0.4, -0.2) is 18.4 Å². The van der Waals surface area contributed by atoms with Gasteiger partial charge in [0.15, 0.2) is 6.61 Å². The van der Waals surface area contributed by atoms with Gasteiger partial charge in [0.05, 0.1) is 11.6 Å². The van der Waals surface area contributed by atoms with Crippen LogP contribution in [0.4, 0.5) is 5.69 Å². The Morgan fingerprint density at radius 1 is 0.867 bits per heavy atom. The highest BCUT2D eigenvalue weighted by atomic mass is 16.5. The summed E-state index contributed by atoms with van der Waals surface area (Å²) in [6.07, 6.45) is 1.79. The van der Waals surface area contributed by atoms with E-state index in [0.29, 0.717) is 17.0 Å². The number of carbonyl (C=O) groups is 2. The van der Waals surface area contributed by atoms with Gasteiger partial charge in [-0.2, -0.15) is 0 Å². The Balaban J connectivity index is 1.62. The zero-order chi connectivity index (χ0) is 21.2. The van der Waals surface area contributed by atoms with E-state index in [1.54, 1.807) is 24.3 Å². The summed E-state index contributed by atoms with van der Waals surface area (Å²) in [5.41, 5.74) is 2.14. The molecule has 0 heterocycles. The predicted molar refractivity (Wildman–Crippen MR) is 119 cm³/mol. The van der Waals surface area contributed by atoms with Crippen LogP contribution in [0.1, 0.15) is 41.7 Å². The van der Waals surface area contributed by atoms with Crippen LogP contribution in [0.2, 0.25) is 0 Å². The molecule has 0 bridgehead atoms. The van der Waals surface area contributed by atoms with Gasteiger partial charge in [0.25, 0.3) is 11.8 Å². The fourth-order valence-electron chi connectivity index (χ4n) is 3.18. The third kappa shape index (κ3) is 5.95. The maximum atomic E-state index is 12.6. The summed E-state index contributed by atoms with van der Waals surface area (Å²) in [7, 11) is 0. The normalized spacial score (nSPS) is 11.4. The first-order valence-electron chi connectivity index (χ1n) is 10.1. The summed E-state index contributed by atoms with van der Waals surface area (Å²) >= 11 is 0. The summed E-state index contributed by atoms with van der Waals surface area (Å²) in [6, 6.07) is 25.9. The monoisotopic (exact) mass is 402 g/mol. The minimum atomic E-state index is -0.287. The molecule has 2 N–H and O–H groups in total. The fraction of sp³-hybridized carbons (Fsp3) is 0.200. The number of para-hydroxylation sites is 2. The van der Waals surface area contributed by atoms with E-state index >= 15 is 0 Å². The average Bonchev–Trinajstić information content (AvgIpc) is 2.79. The molecule has 3 aromatic carbocycles. The van der Waals surface area contributed by atoms with Gasteiger partial charge in [-0.3, -0.25) is 9.59 Å². The van der Waals surface area contributed by atoms with E-state index in [2.05, 4.69) is 17.6 Å². The molecule has 0 aliphatic rings. The number of hydrogen-bond donors (Lipinski definition) is 2. The molecule has 5 heteroatoms. The Kier molecular flexibility index (Phi) is 7.61. The van der Waals surface area contributed by atoms with Crippen molar-refractivity contribution in [3.63, 3.8) is 0 Å². The van der Waals surface area contributed by atoms with Crippen LogP contribution in [0.15, 0.2) is 84.9 Å². The molecule has 3 rings (SSSR count). The second-order valence-electron chi connectivity index (χ2n) is 6.92. The number of hydrogen-bond acceptors (Lipinski definition) is 3. The molecule has 0 aromatic heterocycles. The lowest BCUT2D eigenvalue weighted by molar-refractivity contribution is -0.123. The van der Waals surface area contributed by atoms with Crippen molar-refractivity contribution in [1.82, 2.24) is 5.32 Å². The Hall–Kier alpha value is -3.60. The van der Waals surface area contributed by atoms with E-state index in [0.717, 1.165) is 18.4 Å². The summed E-state index contributed by atoms with van der Waals surface area (Å²) in [6.45, 7) is 1.92. The molecule has 0 spiro atoms. The Morgan fingerprint density at radius 3 is 2.20 bits per heavy atom. The molecule has 0 unspecified atom stereocenters. The molecule has 2 amide bonds. The van der Waals surface area contributed by atoms with Crippen LogP contribution >= 0.6 is 0 Å². The Morgan fingerprint density at radius 2 is 1.50 bits per heavy atom. The van der Waals surface area contributed by atoms with Gasteiger partial charge in [-0.15, -0.1) is 0 Å². The van der Waals surface area contributed by atoms with Crippen molar-refractivity contribution in [2.45, 2.75) is 25.8 Å². The summed E-state index contributed by atoms with van der Waals surface area (Å²) in [5, 5.41) is 5.87. The van der Waals surface area contributed by atoms with E-state index in [4.69, 9.17) is 4.74 Å². The lowest BCUT2D eigenvalue weighted by Gasteiger charge is -2.19. The highest BCUT2D eigenvalue weighted by molar-refractivity contribution is 6.06. The molecule has 1 atom stereocenters. The molecule has 0 aliphatic carbocycles. The molecule has 0 radical (unpaired) electrons. The zero-order valence-electron chi connectivity index (χ0n) is 17.0. The molecule has 0 fully saturated rings. The van der Waals surface area contributed by atoms with E-state index in [9.17, 15) is 9.59 Å². The van der Waals surface area contributed by atoms with Gasteiger partial charge in [-0.25, -0.2) is 0 Å². The third-order valence-corrected chi connectivity index (χ3v) is 4.64. The molecule has 5 nitrogen and oxygen atoms in total. The molecule has 154 valence electrons. The fourth-order valence-corrected chi connectivity index (χ4v) is 3.18. The summed E-state index contributed by atoms with van der Waals surface area (Å²) in [5.74, 6) is -0.145. The number of amides is 2. The molecule has 0 saturated heterocycles. The smallest absolute Gasteiger partial charge is 0.259 e. The van der Waals surface area contributed by atoms with Crippen LogP contribution in [0.25, 0.3) is 0 Å². The van der Waals surface area contributed by atoms with Gasteiger partial charge in [0.1, 0.15) is 5.75 Å². The van der Waals surface area contributed by atoms with Gasteiger partial charge >= 0.3 is 0 Å². The zero-order valence-corrected chi connectivity index (χ0v) is 17.0. The van der Waals surface area contributed by atoms with Crippen molar-refractivity contribution in [1.29, 1.82) is 0 Å². The maximum absolute atomic E-state index is 12.6. The second kappa shape index (κ2) is 10.8. The number of benzene rings is 3. The molecule has 3 aromatic rings. The predicted octanol–water partition coefficient (Wildman–Crippen LogP) is 4.98. The van der Waals surface area contributed by atoms with Gasteiger partial charge in [-0.05, 0) is 36.2 Å². The largest absolute Gasteiger partial charge is 0.483 e. The van der Waals surface area contributed by atoms with Crippen LogP contribution < -0.4 is 15.4 Å². The van der Waals surface area contributed by atoms with Crippen molar-refractivity contribution in [3.8, 4) is 5.75 Å². The van der Waals surface area contributed by atoms with Crippen molar-refractivity contribution < 1.29 is 14.3 Å². The maximum Gasteiger partial charge on any atom is 0.259 e. The number of ether oxygens (including phenoxy) is 1. The number of anilines is 1. The highest BCUT2D eigenvalue weighted by Crippen LogP contribution is 2.21. The lowest BCUT2D eigenvalue weighted by Crippen LogP contribution is -2.32. The standard InChI is InChI=1S/C25H26N2O3/c1-2-11-22(19-12-5-3-6-13-19)27-24(28)18-30-23-17-10-9-16-21(23)25(29)26-20-14-7-4-8-15-20/h3-10,12-17,22H,2,11,18H2,1H3,(H,26,29)(H,27,28)/t22-/m0/s1. The molecule has 0 aliphatic heterocycles. The summed E-state index contributed by atoms with van der Waals surface area (Å²) in [4.78, 5) is 25.1. The average molecular weight is 402 g/mol. The van der Waals surface area contributed by atoms with Crippen molar-refractivity contribution in [2.75, 3.05) is 11.9 Å².